The minimum absolute atomic E-state index is 0.344. The van der Waals surface area contributed by atoms with Crippen molar-refractivity contribution in [3.63, 3.8) is 0 Å². The number of furan rings is 1. The fraction of sp³-hybridized carbons (Fsp3) is 0.312. The number of nitriles is 1. The summed E-state index contributed by atoms with van der Waals surface area (Å²) in [5, 5.41) is 19.7. The van der Waals surface area contributed by atoms with Gasteiger partial charge in [-0.1, -0.05) is 0 Å². The number of carbonyl (C=O) groups is 2. The number of nitrogens with zero attached hydrogens (tertiary/aromatic N) is 3. The maximum Gasteiger partial charge on any atom is 0.332 e. The molecule has 4 rings (SSSR count). The number of aryl methyl sites for hydroxylation is 1. The molecule has 0 spiro atoms. The van der Waals surface area contributed by atoms with Gasteiger partial charge in [0, 0.05) is 11.9 Å². The largest absolute Gasteiger partial charge is 0.460 e. The summed E-state index contributed by atoms with van der Waals surface area (Å²) in [4.78, 5) is 27.7. The van der Waals surface area contributed by atoms with Crippen LogP contribution in [0, 0.1) is 18.3 Å². The van der Waals surface area contributed by atoms with E-state index < -0.39 is 24.1 Å². The maximum atomic E-state index is 12.6. The second-order valence-electron chi connectivity index (χ2n) is 5.79. The highest BCUT2D eigenvalue weighted by Crippen LogP contribution is 2.37. The van der Waals surface area contributed by atoms with Crippen LogP contribution >= 0.6 is 0 Å². The van der Waals surface area contributed by atoms with Crippen LogP contribution < -0.4 is 4.90 Å². The Kier molecular flexibility index (Phi) is 2.74. The van der Waals surface area contributed by atoms with E-state index in [9.17, 15) is 20.0 Å². The maximum absolute atomic E-state index is 12.6. The molecule has 2 atom stereocenters. The minimum atomic E-state index is -0.837. The van der Waals surface area contributed by atoms with Gasteiger partial charge in [-0.05, 0) is 31.5 Å². The molecule has 116 valence electrons. The van der Waals surface area contributed by atoms with Crippen molar-refractivity contribution in [3.05, 3.63) is 29.5 Å². The molecule has 0 saturated carbocycles. The molecule has 2 aliphatic heterocycles. The molecular weight excluding hydrogens is 298 g/mol. The van der Waals surface area contributed by atoms with Gasteiger partial charge in [0.1, 0.15) is 17.9 Å². The summed E-state index contributed by atoms with van der Waals surface area (Å²) >= 11 is 0. The predicted molar refractivity (Wildman–Crippen MR) is 79.7 cm³/mol. The van der Waals surface area contributed by atoms with Gasteiger partial charge in [0.25, 0.3) is 5.91 Å². The van der Waals surface area contributed by atoms with Crippen LogP contribution in [-0.2, 0) is 4.79 Å². The van der Waals surface area contributed by atoms with Crippen LogP contribution in [0.15, 0.2) is 22.6 Å². The van der Waals surface area contributed by atoms with Crippen LogP contribution in [0.2, 0.25) is 0 Å². The van der Waals surface area contributed by atoms with Gasteiger partial charge in [-0.2, -0.15) is 5.26 Å². The Hall–Kier alpha value is -2.85. The number of imide groups is 1. The first-order chi connectivity index (χ1) is 11.0. The second-order valence-corrected chi connectivity index (χ2v) is 5.79. The molecule has 1 aromatic carbocycles. The third-order valence-electron chi connectivity index (χ3n) is 4.42. The van der Waals surface area contributed by atoms with Crippen molar-refractivity contribution in [2.75, 3.05) is 11.4 Å². The van der Waals surface area contributed by atoms with Gasteiger partial charge < -0.3 is 14.4 Å². The first-order valence-corrected chi connectivity index (χ1v) is 7.29. The average molecular weight is 311 g/mol. The number of amides is 3. The Balaban J connectivity index is 1.89. The molecule has 1 aromatic heterocycles. The highest BCUT2D eigenvalue weighted by molar-refractivity contribution is 6.24. The molecular formula is C16H13N3O4. The monoisotopic (exact) mass is 311 g/mol. The van der Waals surface area contributed by atoms with E-state index in [2.05, 4.69) is 0 Å². The van der Waals surface area contributed by atoms with Crippen LogP contribution in [0.25, 0.3) is 11.0 Å². The predicted octanol–water partition coefficient (Wildman–Crippen LogP) is 1.51. The molecule has 0 radical (unpaired) electrons. The first kappa shape index (κ1) is 13.8. The molecule has 2 aliphatic rings. The van der Waals surface area contributed by atoms with E-state index in [1.807, 2.05) is 6.07 Å². The third kappa shape index (κ3) is 1.72. The van der Waals surface area contributed by atoms with Crippen molar-refractivity contribution in [3.8, 4) is 6.07 Å². The first-order valence-electron chi connectivity index (χ1n) is 7.29. The molecule has 0 unspecified atom stereocenters. The number of rotatable bonds is 1. The van der Waals surface area contributed by atoms with Crippen LogP contribution in [0.4, 0.5) is 10.5 Å². The van der Waals surface area contributed by atoms with Crippen LogP contribution in [0.1, 0.15) is 17.7 Å². The normalized spacial score (nSPS) is 23.7. The summed E-state index contributed by atoms with van der Waals surface area (Å²) in [6.45, 7) is 2.09. The van der Waals surface area contributed by atoms with Gasteiger partial charge in [0.2, 0.25) is 0 Å². The Labute approximate surface area is 131 Å². The molecule has 1 N–H and O–H groups in total. The average Bonchev–Trinajstić information content (AvgIpc) is 3.15. The van der Waals surface area contributed by atoms with E-state index in [1.165, 1.54) is 11.0 Å². The van der Waals surface area contributed by atoms with Gasteiger partial charge in [-0.3, -0.25) is 4.79 Å². The Morgan fingerprint density at radius 3 is 2.87 bits per heavy atom. The highest BCUT2D eigenvalue weighted by atomic mass is 16.3. The Bertz CT molecular complexity index is 895. The van der Waals surface area contributed by atoms with Gasteiger partial charge in [0.05, 0.1) is 17.4 Å². The lowest BCUT2D eigenvalue weighted by Crippen LogP contribution is -2.36. The number of hydrogen-bond donors (Lipinski definition) is 1. The lowest BCUT2D eigenvalue weighted by molar-refractivity contribution is -0.121. The summed E-state index contributed by atoms with van der Waals surface area (Å²) in [5.74, 6) is 0.147. The van der Waals surface area contributed by atoms with E-state index in [0.717, 1.165) is 4.90 Å². The van der Waals surface area contributed by atoms with Crippen molar-refractivity contribution >= 4 is 28.6 Å². The van der Waals surface area contributed by atoms with E-state index in [4.69, 9.17) is 4.42 Å². The van der Waals surface area contributed by atoms with E-state index in [1.54, 1.807) is 19.1 Å². The van der Waals surface area contributed by atoms with Gasteiger partial charge >= 0.3 is 6.03 Å². The fourth-order valence-electron chi connectivity index (χ4n) is 3.38. The smallest absolute Gasteiger partial charge is 0.332 e. The fourth-order valence-corrected chi connectivity index (χ4v) is 3.38. The summed E-state index contributed by atoms with van der Waals surface area (Å²) < 4.78 is 5.54. The van der Waals surface area contributed by atoms with Gasteiger partial charge in [-0.25, -0.2) is 9.69 Å². The van der Waals surface area contributed by atoms with E-state index >= 15 is 0 Å². The van der Waals surface area contributed by atoms with Crippen molar-refractivity contribution in [1.29, 1.82) is 5.26 Å². The summed E-state index contributed by atoms with van der Waals surface area (Å²) in [6.07, 6.45) is -0.430. The molecule has 2 saturated heterocycles. The molecule has 2 fully saturated rings. The number of urea groups is 1. The summed E-state index contributed by atoms with van der Waals surface area (Å²) in [7, 11) is 0. The standard InChI is InChI=1S/C16H13N3O4/c1-8-6-10-11(3-2-9(7-17)14(10)23-8)19-15(21)13-12(20)4-5-18(13)16(19)22/h2-3,6,12-13,20H,4-5H2,1H3/t12-,13+/m1/s1. The lowest BCUT2D eigenvalue weighted by Gasteiger charge is -2.16. The van der Waals surface area contributed by atoms with Crippen molar-refractivity contribution in [2.24, 2.45) is 0 Å². The zero-order valence-corrected chi connectivity index (χ0v) is 12.3. The van der Waals surface area contributed by atoms with E-state index in [-0.39, 0.29) is 0 Å². The quantitative estimate of drug-likeness (QED) is 0.805. The van der Waals surface area contributed by atoms with Gasteiger partial charge in [0.15, 0.2) is 5.58 Å². The van der Waals surface area contributed by atoms with Crippen molar-refractivity contribution < 1.29 is 19.1 Å². The molecule has 3 amide bonds. The Morgan fingerprint density at radius 1 is 1.39 bits per heavy atom. The number of benzene rings is 1. The molecule has 7 nitrogen and oxygen atoms in total. The number of anilines is 1. The number of aliphatic hydroxyl groups excluding tert-OH is 1. The third-order valence-corrected chi connectivity index (χ3v) is 4.42. The Morgan fingerprint density at radius 2 is 2.17 bits per heavy atom. The number of carbonyl (C=O) groups excluding carboxylic acids is 2. The minimum Gasteiger partial charge on any atom is -0.460 e. The second kappa shape index (κ2) is 4.57. The molecule has 0 aliphatic carbocycles. The van der Waals surface area contributed by atoms with Crippen LogP contribution in [0.3, 0.4) is 0 Å². The SMILES string of the molecule is Cc1cc2c(N3C(=O)[C@@H]4[C@H](O)CCN4C3=O)ccc(C#N)c2o1. The number of fused-ring (bicyclic) bond motifs is 2. The number of aliphatic hydroxyl groups is 1. The molecule has 23 heavy (non-hydrogen) atoms. The molecule has 7 heteroatoms. The van der Waals surface area contributed by atoms with Crippen molar-refractivity contribution in [2.45, 2.75) is 25.5 Å². The summed E-state index contributed by atoms with van der Waals surface area (Å²) in [5.41, 5.74) is 1.08. The van der Waals surface area contributed by atoms with Crippen LogP contribution in [0.5, 0.6) is 0 Å². The molecule has 0 bridgehead atoms. The molecule has 2 aromatic rings. The van der Waals surface area contributed by atoms with Crippen molar-refractivity contribution in [1.82, 2.24) is 4.90 Å². The lowest BCUT2D eigenvalue weighted by atomic mass is 10.1. The van der Waals surface area contributed by atoms with Gasteiger partial charge in [-0.15, -0.1) is 0 Å². The zero-order chi connectivity index (χ0) is 16.3. The topological polar surface area (TPSA) is 97.8 Å². The number of hydrogen-bond acceptors (Lipinski definition) is 5. The van der Waals surface area contributed by atoms with E-state index in [0.29, 0.717) is 40.9 Å². The summed E-state index contributed by atoms with van der Waals surface area (Å²) in [6, 6.07) is 5.58. The van der Waals surface area contributed by atoms with Crippen LogP contribution in [-0.4, -0.2) is 40.6 Å². The highest BCUT2D eigenvalue weighted by Gasteiger charge is 2.52. The molecule has 3 heterocycles. The zero-order valence-electron chi connectivity index (χ0n) is 12.3.